The number of pyridine rings is 1. The average molecular weight is 322 g/mol. The van der Waals surface area contributed by atoms with Gasteiger partial charge in [0.2, 0.25) is 0 Å². The minimum Gasteiger partial charge on any atom is -0.368 e. The third-order valence-corrected chi connectivity index (χ3v) is 3.25. The Kier molecular flexibility index (Phi) is 5.27. The highest BCUT2D eigenvalue weighted by atomic mass is 35.5. The van der Waals surface area contributed by atoms with Gasteiger partial charge in [-0.15, -0.1) is 17.5 Å². The fourth-order valence-electron chi connectivity index (χ4n) is 2.18. The van der Waals surface area contributed by atoms with Crippen LogP contribution in [0.15, 0.2) is 36.5 Å². The van der Waals surface area contributed by atoms with Gasteiger partial charge < -0.3 is 5.32 Å². The molecule has 1 N–H and O–H groups in total. The van der Waals surface area contributed by atoms with Crippen molar-refractivity contribution in [3.05, 3.63) is 47.9 Å². The third-order valence-electron chi connectivity index (χ3n) is 3.25. The Morgan fingerprint density at radius 2 is 2.05 bits per heavy atom. The topological polar surface area (TPSA) is 55.6 Å². The zero-order chi connectivity index (χ0) is 14.7. The minimum atomic E-state index is -0.237. The SMILES string of the molecule is CCCNc1nccc2c1nnn2Cc1ccccc1F.Cl. The summed E-state index contributed by atoms with van der Waals surface area (Å²) in [5.74, 6) is 0.480. The molecule has 0 bridgehead atoms. The number of aromatic nitrogens is 4. The largest absolute Gasteiger partial charge is 0.368 e. The van der Waals surface area contributed by atoms with Gasteiger partial charge in [0.1, 0.15) is 5.82 Å². The van der Waals surface area contributed by atoms with E-state index < -0.39 is 0 Å². The van der Waals surface area contributed by atoms with E-state index in [0.717, 1.165) is 18.5 Å². The fraction of sp³-hybridized carbons (Fsp3) is 0.267. The van der Waals surface area contributed by atoms with Crippen LogP contribution in [0.4, 0.5) is 10.2 Å². The number of halogens is 2. The van der Waals surface area contributed by atoms with Crippen molar-refractivity contribution in [2.24, 2.45) is 0 Å². The molecule has 1 aromatic carbocycles. The molecule has 0 fully saturated rings. The Morgan fingerprint density at radius 3 is 2.82 bits per heavy atom. The molecule has 2 heterocycles. The summed E-state index contributed by atoms with van der Waals surface area (Å²) in [5, 5.41) is 11.5. The number of fused-ring (bicyclic) bond motifs is 1. The van der Waals surface area contributed by atoms with Gasteiger partial charge in [-0.2, -0.15) is 0 Å². The standard InChI is InChI=1S/C15H16FN5.ClH/c1-2-8-17-15-14-13(7-9-18-15)21(20-19-14)10-11-5-3-4-6-12(11)16;/h3-7,9H,2,8,10H2,1H3,(H,17,18);1H. The Hall–Kier alpha value is -2.21. The summed E-state index contributed by atoms with van der Waals surface area (Å²) in [7, 11) is 0. The molecule has 0 atom stereocenters. The summed E-state index contributed by atoms with van der Waals surface area (Å²) >= 11 is 0. The number of nitrogens with zero attached hydrogens (tertiary/aromatic N) is 4. The van der Waals surface area contributed by atoms with Crippen LogP contribution in [-0.4, -0.2) is 26.5 Å². The third kappa shape index (κ3) is 3.17. The molecule has 0 radical (unpaired) electrons. The van der Waals surface area contributed by atoms with Gasteiger partial charge in [-0.25, -0.2) is 14.1 Å². The molecular weight excluding hydrogens is 305 g/mol. The maximum absolute atomic E-state index is 13.7. The van der Waals surface area contributed by atoms with Crippen LogP contribution in [0.1, 0.15) is 18.9 Å². The molecule has 22 heavy (non-hydrogen) atoms. The van der Waals surface area contributed by atoms with Crippen molar-refractivity contribution in [2.75, 3.05) is 11.9 Å². The van der Waals surface area contributed by atoms with E-state index in [9.17, 15) is 4.39 Å². The number of hydrogen-bond donors (Lipinski definition) is 1. The number of nitrogens with one attached hydrogen (secondary N) is 1. The van der Waals surface area contributed by atoms with Crippen LogP contribution < -0.4 is 5.32 Å². The number of rotatable bonds is 5. The van der Waals surface area contributed by atoms with Crippen LogP contribution >= 0.6 is 12.4 Å². The zero-order valence-corrected chi connectivity index (χ0v) is 13.0. The second-order valence-electron chi connectivity index (χ2n) is 4.79. The highest BCUT2D eigenvalue weighted by molar-refractivity contribution is 5.85. The van der Waals surface area contributed by atoms with Crippen molar-refractivity contribution in [1.29, 1.82) is 0 Å². The first kappa shape index (κ1) is 16.2. The molecule has 7 heteroatoms. The maximum Gasteiger partial charge on any atom is 0.156 e. The zero-order valence-electron chi connectivity index (χ0n) is 12.2. The van der Waals surface area contributed by atoms with Crippen molar-refractivity contribution in [1.82, 2.24) is 20.0 Å². The summed E-state index contributed by atoms with van der Waals surface area (Å²) in [6.07, 6.45) is 2.71. The molecular formula is C15H17ClFN5. The molecule has 0 amide bonds. The summed E-state index contributed by atoms with van der Waals surface area (Å²) < 4.78 is 15.4. The highest BCUT2D eigenvalue weighted by Crippen LogP contribution is 2.19. The Morgan fingerprint density at radius 1 is 1.23 bits per heavy atom. The molecule has 5 nitrogen and oxygen atoms in total. The first-order chi connectivity index (χ1) is 10.3. The summed E-state index contributed by atoms with van der Waals surface area (Å²) in [4.78, 5) is 4.28. The van der Waals surface area contributed by atoms with Crippen molar-refractivity contribution in [3.8, 4) is 0 Å². The predicted molar refractivity (Wildman–Crippen MR) is 86.9 cm³/mol. The van der Waals surface area contributed by atoms with Crippen LogP contribution in [0.25, 0.3) is 11.0 Å². The molecule has 0 unspecified atom stereocenters. The van der Waals surface area contributed by atoms with Crippen LogP contribution in [0, 0.1) is 5.82 Å². The lowest BCUT2D eigenvalue weighted by Gasteiger charge is -2.05. The summed E-state index contributed by atoms with van der Waals surface area (Å²) in [5.41, 5.74) is 2.14. The van der Waals surface area contributed by atoms with E-state index in [1.165, 1.54) is 6.07 Å². The fourth-order valence-corrected chi connectivity index (χ4v) is 2.18. The Balaban J connectivity index is 0.00000176. The molecule has 0 aliphatic heterocycles. The normalized spacial score (nSPS) is 10.5. The second-order valence-corrected chi connectivity index (χ2v) is 4.79. The summed E-state index contributed by atoms with van der Waals surface area (Å²) in [6.45, 7) is 3.26. The highest BCUT2D eigenvalue weighted by Gasteiger charge is 2.11. The van der Waals surface area contributed by atoms with Crippen LogP contribution in [-0.2, 0) is 6.54 Å². The molecule has 0 saturated heterocycles. The Bertz CT molecular complexity index is 759. The number of anilines is 1. The lowest BCUT2D eigenvalue weighted by molar-refractivity contribution is 0.583. The van der Waals surface area contributed by atoms with E-state index >= 15 is 0 Å². The Labute approximate surface area is 134 Å². The maximum atomic E-state index is 13.7. The van der Waals surface area contributed by atoms with Gasteiger partial charge >= 0.3 is 0 Å². The first-order valence-electron chi connectivity index (χ1n) is 6.95. The van der Waals surface area contributed by atoms with Gasteiger partial charge in [0.05, 0.1) is 12.1 Å². The van der Waals surface area contributed by atoms with Crippen LogP contribution in [0.3, 0.4) is 0 Å². The second kappa shape index (κ2) is 7.17. The van der Waals surface area contributed by atoms with Crippen molar-refractivity contribution >= 4 is 29.3 Å². The molecule has 0 saturated carbocycles. The van der Waals surface area contributed by atoms with Crippen molar-refractivity contribution in [2.45, 2.75) is 19.9 Å². The molecule has 0 aliphatic rings. The van der Waals surface area contributed by atoms with Gasteiger partial charge in [-0.1, -0.05) is 30.3 Å². The van der Waals surface area contributed by atoms with Gasteiger partial charge in [0.15, 0.2) is 11.3 Å². The first-order valence-corrected chi connectivity index (χ1v) is 6.95. The van der Waals surface area contributed by atoms with Gasteiger partial charge in [0, 0.05) is 18.3 Å². The van der Waals surface area contributed by atoms with E-state index in [0.29, 0.717) is 23.4 Å². The number of hydrogen-bond acceptors (Lipinski definition) is 4. The van der Waals surface area contributed by atoms with E-state index in [1.807, 2.05) is 12.1 Å². The van der Waals surface area contributed by atoms with E-state index in [2.05, 4.69) is 27.5 Å². The lowest BCUT2D eigenvalue weighted by Crippen LogP contribution is -2.04. The van der Waals surface area contributed by atoms with Crippen LogP contribution in [0.2, 0.25) is 0 Å². The van der Waals surface area contributed by atoms with Gasteiger partial charge in [-0.05, 0) is 18.6 Å². The van der Waals surface area contributed by atoms with Gasteiger partial charge in [-0.3, -0.25) is 0 Å². The quantitative estimate of drug-likeness (QED) is 0.783. The molecule has 116 valence electrons. The van der Waals surface area contributed by atoms with Crippen LogP contribution in [0.5, 0.6) is 0 Å². The molecule has 2 aromatic heterocycles. The van der Waals surface area contributed by atoms with Crippen molar-refractivity contribution in [3.63, 3.8) is 0 Å². The lowest BCUT2D eigenvalue weighted by atomic mass is 10.2. The van der Waals surface area contributed by atoms with Crippen molar-refractivity contribution < 1.29 is 4.39 Å². The molecule has 0 spiro atoms. The molecule has 3 aromatic rings. The minimum absolute atomic E-state index is 0. The predicted octanol–water partition coefficient (Wildman–Crippen LogP) is 3.26. The van der Waals surface area contributed by atoms with E-state index in [1.54, 1.807) is 23.0 Å². The monoisotopic (exact) mass is 321 g/mol. The number of benzene rings is 1. The average Bonchev–Trinajstić information content (AvgIpc) is 2.91. The molecule has 0 aliphatic carbocycles. The molecule has 3 rings (SSSR count). The van der Waals surface area contributed by atoms with E-state index in [4.69, 9.17) is 0 Å². The van der Waals surface area contributed by atoms with E-state index in [-0.39, 0.29) is 18.2 Å². The summed E-state index contributed by atoms with van der Waals surface area (Å²) in [6, 6.07) is 8.53. The smallest absolute Gasteiger partial charge is 0.156 e. The van der Waals surface area contributed by atoms with Gasteiger partial charge in [0.25, 0.3) is 0 Å².